The van der Waals surface area contributed by atoms with E-state index in [1.54, 1.807) is 11.6 Å². The normalized spacial score (nSPS) is 11.2. The van der Waals surface area contributed by atoms with Gasteiger partial charge in [0.1, 0.15) is 0 Å². The lowest BCUT2D eigenvalue weighted by Gasteiger charge is -2.15. The Bertz CT molecular complexity index is 1130. The minimum atomic E-state index is -0.496. The molecule has 0 aliphatic carbocycles. The van der Waals surface area contributed by atoms with Crippen molar-refractivity contribution in [3.63, 3.8) is 0 Å². The fraction of sp³-hybridized carbons (Fsp3) is 0.476. The topological polar surface area (TPSA) is 91.1 Å². The van der Waals surface area contributed by atoms with Crippen molar-refractivity contribution in [1.29, 1.82) is 0 Å². The first-order chi connectivity index (χ1) is 14.5. The van der Waals surface area contributed by atoms with Crippen LogP contribution >= 0.6 is 15.9 Å². The van der Waals surface area contributed by atoms with E-state index in [4.69, 9.17) is 9.47 Å². The lowest BCUT2D eigenvalue weighted by Crippen LogP contribution is -2.29. The van der Waals surface area contributed by atoms with Gasteiger partial charge in [-0.3, -0.25) is 14.3 Å². The van der Waals surface area contributed by atoms with Crippen molar-refractivity contribution < 1.29 is 9.47 Å². The Balaban J connectivity index is 1.95. The smallest absolute Gasteiger partial charge is 0.329 e. The number of imidazole rings is 1. The maximum absolute atomic E-state index is 12.4. The largest absolute Gasteiger partial charge is 0.490 e. The van der Waals surface area contributed by atoms with Crippen LogP contribution in [0.3, 0.4) is 0 Å². The number of nitrogens with zero attached hydrogens (tertiary/aromatic N) is 3. The molecular formula is C21H27BrN4O4. The molecule has 2 heterocycles. The second kappa shape index (κ2) is 9.97. The van der Waals surface area contributed by atoms with Crippen LogP contribution in [-0.2, 0) is 13.6 Å². The summed E-state index contributed by atoms with van der Waals surface area (Å²) in [6, 6.07) is 5.78. The Morgan fingerprint density at radius 1 is 1.07 bits per heavy atom. The van der Waals surface area contributed by atoms with Crippen LogP contribution in [0, 0.1) is 0 Å². The van der Waals surface area contributed by atoms with Gasteiger partial charge in [0.15, 0.2) is 27.4 Å². The first-order valence-corrected chi connectivity index (χ1v) is 11.0. The molecule has 0 radical (unpaired) electrons. The molecule has 0 fully saturated rings. The third-order valence-electron chi connectivity index (χ3n) is 4.82. The third-order valence-corrected chi connectivity index (χ3v) is 5.43. The van der Waals surface area contributed by atoms with Gasteiger partial charge in [0, 0.05) is 7.05 Å². The Kier molecular flexibility index (Phi) is 7.36. The van der Waals surface area contributed by atoms with Gasteiger partial charge in [-0.25, -0.2) is 9.78 Å². The van der Waals surface area contributed by atoms with E-state index < -0.39 is 11.2 Å². The summed E-state index contributed by atoms with van der Waals surface area (Å²) in [5, 5.41) is 0. The molecule has 0 bridgehead atoms. The number of unbranched alkanes of at least 4 members (excludes halogenated alkanes) is 2. The maximum Gasteiger partial charge on any atom is 0.329 e. The van der Waals surface area contributed by atoms with Gasteiger partial charge in [-0.05, 0) is 46.5 Å². The minimum Gasteiger partial charge on any atom is -0.490 e. The first-order valence-electron chi connectivity index (χ1n) is 10.2. The van der Waals surface area contributed by atoms with Gasteiger partial charge in [-0.2, -0.15) is 0 Å². The summed E-state index contributed by atoms with van der Waals surface area (Å²) in [5.74, 6) is 1.41. The highest BCUT2D eigenvalue weighted by atomic mass is 79.9. The quantitative estimate of drug-likeness (QED) is 0.355. The number of hydrogen-bond acceptors (Lipinski definition) is 5. The Hall–Kier alpha value is -2.55. The second-order valence-corrected chi connectivity index (χ2v) is 7.85. The van der Waals surface area contributed by atoms with Crippen LogP contribution in [0.25, 0.3) is 11.2 Å². The zero-order valence-corrected chi connectivity index (χ0v) is 19.1. The van der Waals surface area contributed by atoms with E-state index in [9.17, 15) is 9.59 Å². The second-order valence-electron chi connectivity index (χ2n) is 7.14. The number of ether oxygens (including phenoxy) is 2. The molecule has 0 saturated carbocycles. The van der Waals surface area contributed by atoms with Gasteiger partial charge in [0.25, 0.3) is 5.56 Å². The summed E-state index contributed by atoms with van der Waals surface area (Å²) < 4.78 is 15.4. The monoisotopic (exact) mass is 478 g/mol. The van der Waals surface area contributed by atoms with Crippen LogP contribution in [0.2, 0.25) is 0 Å². The van der Waals surface area contributed by atoms with Crippen molar-refractivity contribution in [2.45, 2.75) is 46.1 Å². The van der Waals surface area contributed by atoms with Gasteiger partial charge in [0.2, 0.25) is 0 Å². The summed E-state index contributed by atoms with van der Waals surface area (Å²) in [6.45, 7) is 5.88. The number of benzene rings is 1. The summed E-state index contributed by atoms with van der Waals surface area (Å²) in [7, 11) is 1.58. The number of aromatic amines is 1. The molecule has 162 valence electrons. The summed E-state index contributed by atoms with van der Waals surface area (Å²) in [4.78, 5) is 31.0. The van der Waals surface area contributed by atoms with Crippen molar-refractivity contribution in [2.75, 3.05) is 13.2 Å². The van der Waals surface area contributed by atoms with E-state index in [1.165, 1.54) is 4.57 Å². The number of aryl methyl sites for hydroxylation is 1. The van der Waals surface area contributed by atoms with Gasteiger partial charge < -0.3 is 14.0 Å². The van der Waals surface area contributed by atoms with E-state index in [0.29, 0.717) is 41.4 Å². The Morgan fingerprint density at radius 3 is 2.40 bits per heavy atom. The molecular weight excluding hydrogens is 452 g/mol. The van der Waals surface area contributed by atoms with Crippen molar-refractivity contribution in [2.24, 2.45) is 7.05 Å². The number of rotatable bonds is 10. The lowest BCUT2D eigenvalue weighted by atomic mass is 10.2. The molecule has 2 aromatic heterocycles. The predicted octanol–water partition coefficient (Wildman–Crippen LogP) is 3.59. The van der Waals surface area contributed by atoms with Crippen molar-refractivity contribution in [1.82, 2.24) is 19.1 Å². The highest BCUT2D eigenvalue weighted by Crippen LogP contribution is 2.30. The van der Waals surface area contributed by atoms with Crippen molar-refractivity contribution in [3.8, 4) is 11.5 Å². The number of halogens is 1. The molecule has 0 spiro atoms. The summed E-state index contributed by atoms with van der Waals surface area (Å²) >= 11 is 3.41. The number of hydrogen-bond donors (Lipinski definition) is 1. The van der Waals surface area contributed by atoms with E-state index in [0.717, 1.165) is 37.0 Å². The van der Waals surface area contributed by atoms with Gasteiger partial charge in [-0.1, -0.05) is 32.8 Å². The molecule has 0 aliphatic heterocycles. The van der Waals surface area contributed by atoms with E-state index in [1.807, 2.05) is 18.2 Å². The SMILES string of the molecule is CCCCOc1ccc(Cn2c(Br)nc3c2c(=O)[nH]c(=O)n3C)cc1OCCCC. The number of nitrogens with one attached hydrogen (secondary N) is 1. The van der Waals surface area contributed by atoms with E-state index in [-0.39, 0.29) is 0 Å². The number of fused-ring (bicyclic) bond motifs is 1. The molecule has 0 atom stereocenters. The fourth-order valence-corrected chi connectivity index (χ4v) is 3.54. The molecule has 30 heavy (non-hydrogen) atoms. The molecule has 1 aromatic carbocycles. The Morgan fingerprint density at radius 2 is 1.73 bits per heavy atom. The highest BCUT2D eigenvalue weighted by molar-refractivity contribution is 9.10. The zero-order valence-electron chi connectivity index (χ0n) is 17.5. The van der Waals surface area contributed by atoms with Crippen molar-refractivity contribution in [3.05, 3.63) is 49.3 Å². The van der Waals surface area contributed by atoms with Crippen LogP contribution < -0.4 is 20.7 Å². The standard InChI is InChI=1S/C21H27BrN4O4/c1-4-6-10-29-15-9-8-14(12-16(15)30-11-7-5-2)13-26-17-18(23-20(26)22)25(3)21(28)24-19(17)27/h8-9,12H,4-7,10-11,13H2,1-3H3,(H,24,27,28). The van der Waals surface area contributed by atoms with Gasteiger partial charge in [0.05, 0.1) is 19.8 Å². The third kappa shape index (κ3) is 4.77. The average Bonchev–Trinajstić information content (AvgIpc) is 3.05. The van der Waals surface area contributed by atoms with Gasteiger partial charge >= 0.3 is 5.69 Å². The van der Waals surface area contributed by atoms with Crippen molar-refractivity contribution >= 4 is 27.1 Å². The van der Waals surface area contributed by atoms with Crippen LogP contribution in [-0.4, -0.2) is 32.3 Å². The number of aromatic nitrogens is 4. The molecule has 0 unspecified atom stereocenters. The average molecular weight is 479 g/mol. The van der Waals surface area contributed by atoms with Crippen LogP contribution in [0.15, 0.2) is 32.5 Å². The molecule has 1 N–H and O–H groups in total. The Labute approximate surface area is 183 Å². The van der Waals surface area contributed by atoms with Crippen LogP contribution in [0.5, 0.6) is 11.5 Å². The predicted molar refractivity (Wildman–Crippen MR) is 120 cm³/mol. The summed E-state index contributed by atoms with van der Waals surface area (Å²) in [6.07, 6.45) is 4.04. The molecule has 9 heteroatoms. The molecule has 0 aliphatic rings. The first kappa shape index (κ1) is 22.1. The van der Waals surface area contributed by atoms with Crippen LogP contribution in [0.1, 0.15) is 45.1 Å². The lowest BCUT2D eigenvalue weighted by molar-refractivity contribution is 0.261. The highest BCUT2D eigenvalue weighted by Gasteiger charge is 2.17. The van der Waals surface area contributed by atoms with Crippen LogP contribution in [0.4, 0.5) is 0 Å². The zero-order chi connectivity index (χ0) is 21.7. The molecule has 3 rings (SSSR count). The summed E-state index contributed by atoms with van der Waals surface area (Å²) in [5.41, 5.74) is 0.628. The maximum atomic E-state index is 12.4. The molecule has 8 nitrogen and oxygen atoms in total. The van der Waals surface area contributed by atoms with E-state index >= 15 is 0 Å². The fourth-order valence-electron chi connectivity index (χ4n) is 3.07. The molecule has 3 aromatic rings. The number of H-pyrrole nitrogens is 1. The minimum absolute atomic E-state index is 0.328. The van der Waals surface area contributed by atoms with Gasteiger partial charge in [-0.15, -0.1) is 0 Å². The van der Waals surface area contributed by atoms with E-state index in [2.05, 4.69) is 39.7 Å². The molecule has 0 amide bonds. The molecule has 0 saturated heterocycles.